The zero-order valence-corrected chi connectivity index (χ0v) is 14.3. The van der Waals surface area contributed by atoms with Crippen LogP contribution in [0.4, 0.5) is 11.5 Å². The van der Waals surface area contributed by atoms with Gasteiger partial charge in [0, 0.05) is 23.8 Å². The summed E-state index contributed by atoms with van der Waals surface area (Å²) in [4.78, 5) is 8.92. The van der Waals surface area contributed by atoms with Gasteiger partial charge in [-0.3, -0.25) is 9.38 Å². The molecule has 1 aliphatic carbocycles. The first kappa shape index (κ1) is 15.8. The van der Waals surface area contributed by atoms with Crippen LogP contribution in [0.2, 0.25) is 0 Å². The maximum atomic E-state index is 7.99. The van der Waals surface area contributed by atoms with Gasteiger partial charge in [-0.2, -0.15) is 0 Å². The molecule has 0 atom stereocenters. The molecule has 2 heterocycles. The van der Waals surface area contributed by atoms with Crippen LogP contribution in [-0.2, 0) is 12.8 Å². The Morgan fingerprint density at radius 1 is 1.28 bits per heavy atom. The lowest BCUT2D eigenvalue weighted by atomic mass is 10.1. The smallest absolute Gasteiger partial charge is 0.157 e. The SMILES string of the molecule is CNCCCc1nc2cnccn2c1Nc1ccc2c(c1)CCC2=N. The van der Waals surface area contributed by atoms with Crippen molar-refractivity contribution in [2.75, 3.05) is 18.9 Å². The first-order valence-electron chi connectivity index (χ1n) is 8.69. The summed E-state index contributed by atoms with van der Waals surface area (Å²) in [7, 11) is 1.97. The maximum absolute atomic E-state index is 7.99. The van der Waals surface area contributed by atoms with Gasteiger partial charge < -0.3 is 16.0 Å². The molecule has 0 fully saturated rings. The number of rotatable bonds is 6. The van der Waals surface area contributed by atoms with E-state index in [0.717, 1.165) is 66.3 Å². The lowest BCUT2D eigenvalue weighted by Crippen LogP contribution is -2.09. The molecule has 0 amide bonds. The molecule has 0 saturated heterocycles. The van der Waals surface area contributed by atoms with Crippen molar-refractivity contribution >= 4 is 22.9 Å². The minimum atomic E-state index is 0.746. The van der Waals surface area contributed by atoms with Gasteiger partial charge in [-0.25, -0.2) is 4.98 Å². The molecule has 0 aliphatic heterocycles. The van der Waals surface area contributed by atoms with Gasteiger partial charge in [-0.1, -0.05) is 6.07 Å². The monoisotopic (exact) mass is 334 g/mol. The van der Waals surface area contributed by atoms with Crippen molar-refractivity contribution in [3.8, 4) is 0 Å². The molecular formula is C19H22N6. The largest absolute Gasteiger partial charge is 0.340 e. The van der Waals surface area contributed by atoms with Crippen molar-refractivity contribution in [1.29, 1.82) is 5.41 Å². The third-order valence-electron chi connectivity index (χ3n) is 4.68. The number of benzene rings is 1. The second-order valence-electron chi connectivity index (χ2n) is 6.39. The Morgan fingerprint density at radius 3 is 3.08 bits per heavy atom. The number of anilines is 2. The third kappa shape index (κ3) is 3.00. The number of aromatic nitrogens is 3. The molecule has 2 aromatic heterocycles. The minimum Gasteiger partial charge on any atom is -0.340 e. The Kier molecular flexibility index (Phi) is 4.19. The molecule has 4 rings (SSSR count). The summed E-state index contributed by atoms with van der Waals surface area (Å²) in [5.41, 5.74) is 6.03. The number of hydrogen-bond acceptors (Lipinski definition) is 5. The normalized spacial score (nSPS) is 13.4. The second-order valence-corrected chi connectivity index (χ2v) is 6.39. The molecule has 0 unspecified atom stereocenters. The van der Waals surface area contributed by atoms with E-state index in [4.69, 9.17) is 10.4 Å². The first-order valence-corrected chi connectivity index (χ1v) is 8.69. The molecule has 1 aromatic carbocycles. The molecule has 0 saturated carbocycles. The van der Waals surface area contributed by atoms with Crippen LogP contribution >= 0.6 is 0 Å². The van der Waals surface area contributed by atoms with E-state index in [1.54, 1.807) is 12.4 Å². The molecule has 6 nitrogen and oxygen atoms in total. The van der Waals surface area contributed by atoms with Crippen LogP contribution in [0.1, 0.15) is 29.7 Å². The molecule has 0 radical (unpaired) electrons. The molecule has 3 N–H and O–H groups in total. The van der Waals surface area contributed by atoms with Crippen LogP contribution in [0.5, 0.6) is 0 Å². The van der Waals surface area contributed by atoms with Gasteiger partial charge in [0.15, 0.2) is 5.65 Å². The maximum Gasteiger partial charge on any atom is 0.157 e. The van der Waals surface area contributed by atoms with Gasteiger partial charge in [0.05, 0.1) is 11.9 Å². The molecule has 3 aromatic rings. The van der Waals surface area contributed by atoms with Crippen LogP contribution < -0.4 is 10.6 Å². The average molecular weight is 334 g/mol. The second kappa shape index (κ2) is 6.64. The van der Waals surface area contributed by atoms with Crippen molar-refractivity contribution in [1.82, 2.24) is 19.7 Å². The van der Waals surface area contributed by atoms with E-state index >= 15 is 0 Å². The number of nitrogens with zero attached hydrogens (tertiary/aromatic N) is 3. The zero-order chi connectivity index (χ0) is 17.2. The van der Waals surface area contributed by atoms with Gasteiger partial charge in [0.2, 0.25) is 0 Å². The Morgan fingerprint density at radius 2 is 2.20 bits per heavy atom. The van der Waals surface area contributed by atoms with Crippen molar-refractivity contribution < 1.29 is 0 Å². The van der Waals surface area contributed by atoms with Crippen molar-refractivity contribution in [3.63, 3.8) is 0 Å². The van der Waals surface area contributed by atoms with E-state index in [2.05, 4.69) is 38.2 Å². The fourth-order valence-corrected chi connectivity index (χ4v) is 3.40. The van der Waals surface area contributed by atoms with Crippen LogP contribution in [0.25, 0.3) is 5.65 Å². The van der Waals surface area contributed by atoms with E-state index in [0.29, 0.717) is 0 Å². The molecule has 0 bridgehead atoms. The van der Waals surface area contributed by atoms with Gasteiger partial charge in [0.1, 0.15) is 5.82 Å². The van der Waals surface area contributed by atoms with Crippen LogP contribution in [0, 0.1) is 5.41 Å². The average Bonchev–Trinajstić information content (AvgIpc) is 3.16. The van der Waals surface area contributed by atoms with Gasteiger partial charge >= 0.3 is 0 Å². The number of imidazole rings is 1. The summed E-state index contributed by atoms with van der Waals surface area (Å²) in [6, 6.07) is 6.27. The van der Waals surface area contributed by atoms with E-state index < -0.39 is 0 Å². The predicted molar refractivity (Wildman–Crippen MR) is 100 cm³/mol. The molecule has 1 aliphatic rings. The highest BCUT2D eigenvalue weighted by Crippen LogP contribution is 2.28. The van der Waals surface area contributed by atoms with Crippen LogP contribution in [-0.4, -0.2) is 33.7 Å². The molecule has 0 spiro atoms. The summed E-state index contributed by atoms with van der Waals surface area (Å²) in [6.45, 7) is 0.965. The molecule has 128 valence electrons. The van der Waals surface area contributed by atoms with Crippen molar-refractivity contribution in [3.05, 3.63) is 53.6 Å². The van der Waals surface area contributed by atoms with E-state index in [1.165, 1.54) is 5.56 Å². The third-order valence-corrected chi connectivity index (χ3v) is 4.68. The van der Waals surface area contributed by atoms with Gasteiger partial charge in [-0.15, -0.1) is 0 Å². The van der Waals surface area contributed by atoms with Crippen LogP contribution in [0.15, 0.2) is 36.8 Å². The fourth-order valence-electron chi connectivity index (χ4n) is 3.40. The lowest BCUT2D eigenvalue weighted by Gasteiger charge is -2.10. The Balaban J connectivity index is 1.68. The Labute approximate surface area is 146 Å². The minimum absolute atomic E-state index is 0.746. The molecule has 6 heteroatoms. The summed E-state index contributed by atoms with van der Waals surface area (Å²) in [6.07, 6.45) is 9.24. The van der Waals surface area contributed by atoms with Crippen molar-refractivity contribution in [2.24, 2.45) is 0 Å². The zero-order valence-electron chi connectivity index (χ0n) is 14.3. The number of fused-ring (bicyclic) bond motifs is 2. The summed E-state index contributed by atoms with van der Waals surface area (Å²) in [5.74, 6) is 1.00. The lowest BCUT2D eigenvalue weighted by molar-refractivity contribution is 0.718. The van der Waals surface area contributed by atoms with Gasteiger partial charge in [0.25, 0.3) is 0 Å². The van der Waals surface area contributed by atoms with Crippen LogP contribution in [0.3, 0.4) is 0 Å². The first-order chi connectivity index (χ1) is 12.3. The highest BCUT2D eigenvalue weighted by molar-refractivity contribution is 6.02. The topological polar surface area (TPSA) is 78.1 Å². The number of hydrogen-bond donors (Lipinski definition) is 3. The van der Waals surface area contributed by atoms with E-state index in [1.807, 2.05) is 13.2 Å². The summed E-state index contributed by atoms with van der Waals surface area (Å²) < 4.78 is 2.05. The Hall–Kier alpha value is -2.73. The van der Waals surface area contributed by atoms with E-state index in [9.17, 15) is 0 Å². The highest BCUT2D eigenvalue weighted by Gasteiger charge is 2.17. The fraction of sp³-hybridized carbons (Fsp3) is 0.316. The Bertz CT molecular complexity index is 927. The number of nitrogens with one attached hydrogen (secondary N) is 3. The summed E-state index contributed by atoms with van der Waals surface area (Å²) >= 11 is 0. The van der Waals surface area contributed by atoms with E-state index in [-0.39, 0.29) is 0 Å². The number of aryl methyl sites for hydroxylation is 2. The quantitative estimate of drug-likeness (QED) is 0.606. The highest BCUT2D eigenvalue weighted by atomic mass is 15.1. The standard InChI is InChI=1S/C19H22N6/c1-21-8-2-3-17-19(25-10-9-22-12-18(25)24-17)23-14-5-6-15-13(11-14)4-7-16(15)20/h5-6,9-12,20-21,23H,2-4,7-8H2,1H3. The summed E-state index contributed by atoms with van der Waals surface area (Å²) in [5, 5.41) is 14.7. The molecular weight excluding hydrogens is 312 g/mol. The van der Waals surface area contributed by atoms with Crippen molar-refractivity contribution in [2.45, 2.75) is 25.7 Å². The molecule has 25 heavy (non-hydrogen) atoms. The predicted octanol–water partition coefficient (Wildman–Crippen LogP) is 2.94. The van der Waals surface area contributed by atoms with Gasteiger partial charge in [-0.05, 0) is 62.5 Å².